The van der Waals surface area contributed by atoms with Crippen LogP contribution in [0.25, 0.3) is 11.6 Å². The summed E-state index contributed by atoms with van der Waals surface area (Å²) in [6, 6.07) is 5.09. The molecule has 0 aliphatic rings. The maximum Gasteiger partial charge on any atom is 0.269 e. The summed E-state index contributed by atoms with van der Waals surface area (Å²) in [5.74, 6) is 0.783. The van der Waals surface area contributed by atoms with Crippen molar-refractivity contribution in [2.75, 3.05) is 0 Å². The van der Waals surface area contributed by atoms with E-state index in [1.54, 1.807) is 18.2 Å². The van der Waals surface area contributed by atoms with E-state index < -0.39 is 5.56 Å². The highest BCUT2D eigenvalue weighted by Crippen LogP contribution is 2.12. The van der Waals surface area contributed by atoms with Crippen LogP contribution in [0.5, 0.6) is 0 Å². The second-order valence-corrected chi connectivity index (χ2v) is 2.56. The Morgan fingerprint density at radius 2 is 2.43 bits per heavy atom. The minimum atomic E-state index is -0.464. The lowest BCUT2D eigenvalue weighted by molar-refractivity contribution is 0.577. The molecule has 1 N–H and O–H groups in total. The molecule has 0 atom stereocenters. The van der Waals surface area contributed by atoms with E-state index in [0.717, 1.165) is 0 Å². The van der Waals surface area contributed by atoms with Crippen LogP contribution in [0.2, 0.25) is 0 Å². The van der Waals surface area contributed by atoms with Crippen LogP contribution in [0.4, 0.5) is 0 Å². The van der Waals surface area contributed by atoms with Gasteiger partial charge in [-0.15, -0.1) is 0 Å². The van der Waals surface area contributed by atoms with Crippen LogP contribution in [0, 0.1) is 11.3 Å². The van der Waals surface area contributed by atoms with Crippen molar-refractivity contribution in [3.63, 3.8) is 0 Å². The zero-order valence-corrected chi connectivity index (χ0v) is 7.02. The summed E-state index contributed by atoms with van der Waals surface area (Å²) in [6.45, 7) is 0. The molecule has 5 heteroatoms. The molecule has 0 bridgehead atoms. The minimum Gasteiger partial charge on any atom is -0.461 e. The Morgan fingerprint density at radius 3 is 3.00 bits per heavy atom. The van der Waals surface area contributed by atoms with Crippen molar-refractivity contribution in [2.45, 2.75) is 0 Å². The molecule has 0 aliphatic heterocycles. The number of nitrogens with one attached hydrogen (secondary N) is 1. The molecule has 2 heterocycles. The molecule has 0 aliphatic carbocycles. The maximum absolute atomic E-state index is 11.2. The Balaban J connectivity index is 2.55. The SMILES string of the molecule is N#Cc1cnc(-c2ccco2)[nH]c1=O. The van der Waals surface area contributed by atoms with Gasteiger partial charge in [-0.2, -0.15) is 5.26 Å². The number of hydrogen-bond donors (Lipinski definition) is 1. The smallest absolute Gasteiger partial charge is 0.269 e. The van der Waals surface area contributed by atoms with Crippen LogP contribution < -0.4 is 5.56 Å². The quantitative estimate of drug-likeness (QED) is 0.718. The summed E-state index contributed by atoms with van der Waals surface area (Å²) in [5, 5.41) is 8.51. The van der Waals surface area contributed by atoms with Crippen LogP contribution in [-0.4, -0.2) is 9.97 Å². The lowest BCUT2D eigenvalue weighted by atomic mass is 10.3. The molecule has 0 spiro atoms. The Morgan fingerprint density at radius 1 is 1.57 bits per heavy atom. The van der Waals surface area contributed by atoms with E-state index in [0.29, 0.717) is 11.6 Å². The predicted octanol–water partition coefficient (Wildman–Crippen LogP) is 0.902. The van der Waals surface area contributed by atoms with Gasteiger partial charge in [0.25, 0.3) is 5.56 Å². The van der Waals surface area contributed by atoms with Gasteiger partial charge < -0.3 is 9.40 Å². The molecule has 0 aromatic carbocycles. The summed E-state index contributed by atoms with van der Waals surface area (Å²) < 4.78 is 5.03. The number of H-pyrrole nitrogens is 1. The van der Waals surface area contributed by atoms with Crippen LogP contribution in [-0.2, 0) is 0 Å². The third-order valence-electron chi connectivity index (χ3n) is 1.67. The first kappa shape index (κ1) is 8.26. The van der Waals surface area contributed by atoms with Crippen LogP contribution in [0.1, 0.15) is 5.56 Å². The van der Waals surface area contributed by atoms with E-state index in [2.05, 4.69) is 9.97 Å². The van der Waals surface area contributed by atoms with Crippen LogP contribution in [0.3, 0.4) is 0 Å². The second-order valence-electron chi connectivity index (χ2n) is 2.56. The lowest BCUT2D eigenvalue weighted by Gasteiger charge is -1.94. The molecule has 0 saturated carbocycles. The summed E-state index contributed by atoms with van der Waals surface area (Å²) in [5.41, 5.74) is -0.478. The van der Waals surface area contributed by atoms with Gasteiger partial charge in [0, 0.05) is 0 Å². The molecular formula is C9H5N3O2. The van der Waals surface area contributed by atoms with Gasteiger partial charge in [0.15, 0.2) is 11.6 Å². The number of nitriles is 1. The van der Waals surface area contributed by atoms with Gasteiger partial charge in [0.05, 0.1) is 12.5 Å². The topological polar surface area (TPSA) is 82.7 Å². The highest BCUT2D eigenvalue weighted by molar-refractivity contribution is 5.46. The first-order valence-corrected chi connectivity index (χ1v) is 3.84. The van der Waals surface area contributed by atoms with Gasteiger partial charge >= 0.3 is 0 Å². The Labute approximate surface area is 78.6 Å². The summed E-state index contributed by atoms with van der Waals surface area (Å²) in [6.07, 6.45) is 2.70. The molecule has 0 radical (unpaired) electrons. The average Bonchev–Trinajstić information content (AvgIpc) is 2.70. The highest BCUT2D eigenvalue weighted by atomic mass is 16.3. The number of aromatic amines is 1. The number of furan rings is 1. The number of hydrogen-bond acceptors (Lipinski definition) is 4. The average molecular weight is 187 g/mol. The van der Waals surface area contributed by atoms with Gasteiger partial charge in [-0.1, -0.05) is 0 Å². The fourth-order valence-corrected chi connectivity index (χ4v) is 1.01. The first-order chi connectivity index (χ1) is 6.81. The van der Waals surface area contributed by atoms with Crippen molar-refractivity contribution < 1.29 is 4.42 Å². The molecule has 0 fully saturated rings. The molecule has 2 aromatic heterocycles. The highest BCUT2D eigenvalue weighted by Gasteiger charge is 2.05. The van der Waals surface area contributed by atoms with Gasteiger partial charge in [-0.25, -0.2) is 4.98 Å². The predicted molar refractivity (Wildman–Crippen MR) is 47.3 cm³/mol. The fourth-order valence-electron chi connectivity index (χ4n) is 1.01. The molecule has 0 saturated heterocycles. The van der Waals surface area contributed by atoms with Crippen molar-refractivity contribution in [2.24, 2.45) is 0 Å². The van der Waals surface area contributed by atoms with Crippen molar-refractivity contribution >= 4 is 0 Å². The van der Waals surface area contributed by atoms with Gasteiger partial charge in [0.1, 0.15) is 11.6 Å². The summed E-state index contributed by atoms with van der Waals surface area (Å²) in [4.78, 5) is 17.5. The van der Waals surface area contributed by atoms with Gasteiger partial charge in [-0.05, 0) is 12.1 Å². The monoisotopic (exact) mass is 187 g/mol. The van der Waals surface area contributed by atoms with Crippen molar-refractivity contribution in [3.8, 4) is 17.7 Å². The Bertz CT molecular complexity index is 534. The third kappa shape index (κ3) is 1.29. The van der Waals surface area contributed by atoms with E-state index in [-0.39, 0.29) is 5.56 Å². The molecule has 2 rings (SSSR count). The van der Waals surface area contributed by atoms with E-state index in [9.17, 15) is 4.79 Å². The minimum absolute atomic E-state index is 0.0136. The fraction of sp³-hybridized carbons (Fsp3) is 0. The number of nitrogens with zero attached hydrogens (tertiary/aromatic N) is 2. The summed E-state index contributed by atoms with van der Waals surface area (Å²) >= 11 is 0. The zero-order valence-electron chi connectivity index (χ0n) is 7.02. The molecule has 5 nitrogen and oxygen atoms in total. The number of rotatable bonds is 1. The van der Waals surface area contributed by atoms with Gasteiger partial charge in [-0.3, -0.25) is 4.79 Å². The standard InChI is InChI=1S/C9H5N3O2/c10-4-6-5-11-8(12-9(6)13)7-2-1-3-14-7/h1-3,5H,(H,11,12,13). The Hall–Kier alpha value is -2.35. The molecule has 14 heavy (non-hydrogen) atoms. The maximum atomic E-state index is 11.2. The van der Waals surface area contributed by atoms with Crippen LogP contribution in [0.15, 0.2) is 33.8 Å². The zero-order chi connectivity index (χ0) is 9.97. The van der Waals surface area contributed by atoms with E-state index in [4.69, 9.17) is 9.68 Å². The third-order valence-corrected chi connectivity index (χ3v) is 1.67. The van der Waals surface area contributed by atoms with E-state index >= 15 is 0 Å². The normalized spacial score (nSPS) is 9.64. The molecule has 0 unspecified atom stereocenters. The van der Waals surface area contributed by atoms with Crippen LogP contribution >= 0.6 is 0 Å². The Kier molecular flexibility index (Phi) is 1.88. The lowest BCUT2D eigenvalue weighted by Crippen LogP contribution is -2.11. The van der Waals surface area contributed by atoms with Crippen molar-refractivity contribution in [3.05, 3.63) is 40.5 Å². The molecule has 2 aromatic rings. The largest absolute Gasteiger partial charge is 0.461 e. The second kappa shape index (κ2) is 3.18. The van der Waals surface area contributed by atoms with Crippen molar-refractivity contribution in [1.29, 1.82) is 5.26 Å². The van der Waals surface area contributed by atoms with Crippen molar-refractivity contribution in [1.82, 2.24) is 9.97 Å². The molecule has 68 valence electrons. The first-order valence-electron chi connectivity index (χ1n) is 3.84. The van der Waals surface area contributed by atoms with E-state index in [1.165, 1.54) is 12.5 Å². The number of aromatic nitrogens is 2. The molecular weight excluding hydrogens is 182 g/mol. The van der Waals surface area contributed by atoms with Gasteiger partial charge in [0.2, 0.25) is 0 Å². The molecule has 0 amide bonds. The summed E-state index contributed by atoms with van der Waals surface area (Å²) in [7, 11) is 0. The van der Waals surface area contributed by atoms with E-state index in [1.807, 2.05) is 0 Å².